The molecule has 10 fully saturated rings. The summed E-state index contributed by atoms with van der Waals surface area (Å²) >= 11 is 0. The monoisotopic (exact) mass is 1110 g/mol. The molecule has 5 saturated carbocycles. The first-order valence-corrected chi connectivity index (χ1v) is 27.8. The Morgan fingerprint density at radius 1 is 0.623 bits per heavy atom. The number of hydrogen-bond acceptors (Lipinski definition) is 25. The highest BCUT2D eigenvalue weighted by molar-refractivity contribution is 5.89. The van der Waals surface area contributed by atoms with Crippen LogP contribution in [0, 0.1) is 52.3 Å². The molecule has 33 unspecified atom stereocenters. The van der Waals surface area contributed by atoms with Crippen molar-refractivity contribution in [1.29, 1.82) is 0 Å². The quantitative estimate of drug-likeness (QED) is 0.0870. The fraction of sp³-hybridized carbons (Fsp3) is 0.981. The summed E-state index contributed by atoms with van der Waals surface area (Å²) in [6.45, 7) is 6.02. The lowest BCUT2D eigenvalue weighted by atomic mass is 9.42. The van der Waals surface area contributed by atoms with Crippen LogP contribution in [0.1, 0.15) is 85.5 Å². The molecule has 0 aromatic rings. The van der Waals surface area contributed by atoms with Gasteiger partial charge in [-0.25, -0.2) is 0 Å². The Balaban J connectivity index is 0.843. The van der Waals surface area contributed by atoms with Crippen LogP contribution in [0.5, 0.6) is 0 Å². The minimum absolute atomic E-state index is 0.00596. The van der Waals surface area contributed by atoms with E-state index in [1.54, 1.807) is 0 Å². The van der Waals surface area contributed by atoms with Gasteiger partial charge in [-0.05, 0) is 73.5 Å². The van der Waals surface area contributed by atoms with Crippen LogP contribution in [0.25, 0.3) is 0 Å². The number of fused-ring (bicyclic) bond motifs is 7. The second kappa shape index (κ2) is 22.0. The molecule has 33 atom stereocenters. The van der Waals surface area contributed by atoms with Crippen LogP contribution < -0.4 is 0 Å². The normalized spacial score (nSPS) is 57.8. The molecule has 25 heteroatoms. The van der Waals surface area contributed by atoms with E-state index < -0.39 is 178 Å². The van der Waals surface area contributed by atoms with Gasteiger partial charge in [0, 0.05) is 43.1 Å². The minimum Gasteiger partial charge on any atom is -0.396 e. The van der Waals surface area contributed by atoms with E-state index in [4.69, 9.17) is 42.6 Å². The number of carbonyl (C=O) groups excluding carboxylic acids is 1. The maximum absolute atomic E-state index is 14.6. The summed E-state index contributed by atoms with van der Waals surface area (Å²) in [4.78, 5) is 14.6. The number of hydrogen-bond donors (Lipinski definition) is 15. The van der Waals surface area contributed by atoms with Crippen LogP contribution in [0.4, 0.5) is 0 Å². The lowest BCUT2D eigenvalue weighted by Crippen LogP contribution is -2.70. The van der Waals surface area contributed by atoms with Crippen LogP contribution in [-0.2, 0) is 47.4 Å². The number of aliphatic hydroxyl groups excluding tert-OH is 14. The van der Waals surface area contributed by atoms with Crippen molar-refractivity contribution in [2.24, 2.45) is 52.3 Å². The van der Waals surface area contributed by atoms with Crippen molar-refractivity contribution in [1.82, 2.24) is 0 Å². The molecule has 0 aromatic carbocycles. The molecule has 0 amide bonds. The highest BCUT2D eigenvalue weighted by Crippen LogP contribution is 2.71. The summed E-state index contributed by atoms with van der Waals surface area (Å²) in [5, 5.41) is 164. The highest BCUT2D eigenvalue weighted by atomic mass is 16.8. The Hall–Kier alpha value is -1.29. The second-order valence-corrected chi connectivity index (χ2v) is 25.1. The Kier molecular flexibility index (Phi) is 16.9. The Labute approximate surface area is 445 Å². The van der Waals surface area contributed by atoms with E-state index in [9.17, 15) is 81.4 Å². The number of carbonyl (C=O) groups is 1. The van der Waals surface area contributed by atoms with Gasteiger partial charge in [-0.1, -0.05) is 27.7 Å². The zero-order chi connectivity index (χ0) is 55.6. The van der Waals surface area contributed by atoms with Gasteiger partial charge in [0.25, 0.3) is 0 Å². The van der Waals surface area contributed by atoms with Crippen LogP contribution in [0.3, 0.4) is 0 Å². The molecule has 0 aromatic heterocycles. The Morgan fingerprint density at radius 3 is 1.96 bits per heavy atom. The van der Waals surface area contributed by atoms with E-state index in [1.807, 2.05) is 6.92 Å². The summed E-state index contributed by atoms with van der Waals surface area (Å²) in [5.41, 5.74) is -3.07. The topological polar surface area (TPSA) is 404 Å². The van der Waals surface area contributed by atoms with Crippen molar-refractivity contribution in [3.8, 4) is 0 Å². The fourth-order valence-corrected chi connectivity index (χ4v) is 16.4. The predicted octanol–water partition coefficient (Wildman–Crippen LogP) is -4.98. The molecule has 0 radical (unpaired) electrons. The highest BCUT2D eigenvalue weighted by Gasteiger charge is 2.73. The fourth-order valence-electron chi connectivity index (χ4n) is 16.4. The molecular weight excluding hydrogens is 1020 g/mol. The van der Waals surface area contributed by atoms with Crippen molar-refractivity contribution in [3.05, 3.63) is 0 Å². The largest absolute Gasteiger partial charge is 0.396 e. The van der Waals surface area contributed by atoms with Gasteiger partial charge < -0.3 is 119 Å². The van der Waals surface area contributed by atoms with E-state index in [0.717, 1.165) is 32.1 Å². The van der Waals surface area contributed by atoms with Gasteiger partial charge in [0.1, 0.15) is 91.1 Å². The molecule has 5 heterocycles. The number of ether oxygens (including phenoxy) is 9. The first-order valence-electron chi connectivity index (χ1n) is 27.8. The number of rotatable bonds is 12. The maximum Gasteiger partial charge on any atom is 0.187 e. The molecule has 5 aliphatic heterocycles. The molecule has 5 saturated heterocycles. The van der Waals surface area contributed by atoms with Crippen molar-refractivity contribution in [2.45, 2.75) is 232 Å². The molecule has 10 rings (SSSR count). The van der Waals surface area contributed by atoms with Crippen molar-refractivity contribution >= 4 is 5.78 Å². The van der Waals surface area contributed by atoms with Gasteiger partial charge in [-0.3, -0.25) is 4.79 Å². The summed E-state index contributed by atoms with van der Waals surface area (Å²) in [7, 11) is 0. The first kappa shape index (κ1) is 58.9. The van der Waals surface area contributed by atoms with Crippen LogP contribution in [0.2, 0.25) is 0 Å². The lowest BCUT2D eigenvalue weighted by molar-refractivity contribution is -0.378. The summed E-state index contributed by atoms with van der Waals surface area (Å²) < 4.78 is 54.8. The molecular formula is C52H84O25. The van der Waals surface area contributed by atoms with Crippen LogP contribution in [0.15, 0.2) is 0 Å². The second-order valence-electron chi connectivity index (χ2n) is 25.1. The standard InChI is InChI=1S/C52H84O25/c1-19-5-8-52(70-17-19)20(2)33-26(77-52)11-24-22-10-32(57)51(68)13-28(25(56)12-50(51,4)23(22)6-7-49(24,33)3)71-27-9-21(14-53)43(40(64)34(27)58)75-48-45(69-18-31-36(60)38(62)41(65)46(67)72-31)44(37(61)30(16-55)74-48)76-47-42(66)39(63)35(59)29(15-54)73-47/h19-31,33-48,53-56,58-68H,5-18H2,1-4H3. The number of aliphatic hydroxyl groups is 15. The van der Waals surface area contributed by atoms with Crippen molar-refractivity contribution in [3.63, 3.8) is 0 Å². The van der Waals surface area contributed by atoms with E-state index in [-0.39, 0.29) is 72.6 Å². The van der Waals surface area contributed by atoms with Crippen molar-refractivity contribution < 1.29 is 124 Å². The average molecular weight is 1110 g/mol. The zero-order valence-corrected chi connectivity index (χ0v) is 43.9. The first-order chi connectivity index (χ1) is 36.4. The van der Waals surface area contributed by atoms with Gasteiger partial charge in [-0.2, -0.15) is 0 Å². The maximum atomic E-state index is 14.6. The summed E-state index contributed by atoms with van der Waals surface area (Å²) in [5.74, 6) is -1.19. The third-order valence-corrected chi connectivity index (χ3v) is 20.9. The zero-order valence-electron chi connectivity index (χ0n) is 43.9. The minimum atomic E-state index is -2.02. The van der Waals surface area contributed by atoms with E-state index in [2.05, 4.69) is 20.8 Å². The van der Waals surface area contributed by atoms with E-state index in [1.165, 1.54) is 0 Å². The molecule has 77 heavy (non-hydrogen) atoms. The number of Topliss-reactive ketones (excluding diaryl/α,β-unsaturated/α-hetero) is 1. The Bertz CT molecular complexity index is 2050. The number of ketones is 1. The SMILES string of the molecule is CC1CCC2(OC1)OC1CC3C4CC(=O)C5(O)CC(OC6CC(CO)C(OC7OC(CO)C(O)C(OC8OC(CO)C(O)C(O)C8O)C7OCC7OC(O)C(O)C(O)C7O)C(O)C6O)C(O)CC5(C)C4CCC3(C)C1C2C. The molecule has 10 aliphatic rings. The third kappa shape index (κ3) is 9.71. The van der Waals surface area contributed by atoms with Crippen LogP contribution >= 0.6 is 0 Å². The predicted molar refractivity (Wildman–Crippen MR) is 255 cm³/mol. The van der Waals surface area contributed by atoms with Gasteiger partial charge in [0.2, 0.25) is 0 Å². The van der Waals surface area contributed by atoms with E-state index >= 15 is 0 Å². The Morgan fingerprint density at radius 2 is 1.29 bits per heavy atom. The molecule has 442 valence electrons. The summed E-state index contributed by atoms with van der Waals surface area (Å²) in [6, 6.07) is 0. The molecule has 0 bridgehead atoms. The molecule has 1 spiro atoms. The van der Waals surface area contributed by atoms with Gasteiger partial charge >= 0.3 is 0 Å². The smallest absolute Gasteiger partial charge is 0.187 e. The van der Waals surface area contributed by atoms with E-state index in [0.29, 0.717) is 12.5 Å². The van der Waals surface area contributed by atoms with Crippen molar-refractivity contribution in [2.75, 3.05) is 33.0 Å². The average Bonchev–Trinajstić information content (AvgIpc) is 3.87. The van der Waals surface area contributed by atoms with Gasteiger partial charge in [0.05, 0.1) is 56.9 Å². The summed E-state index contributed by atoms with van der Waals surface area (Å²) in [6.07, 6.45) is -32.8. The molecule has 25 nitrogen and oxygen atoms in total. The van der Waals surface area contributed by atoms with Gasteiger partial charge in [-0.15, -0.1) is 0 Å². The lowest BCUT2D eigenvalue weighted by Gasteiger charge is -2.64. The molecule has 15 N–H and O–H groups in total. The third-order valence-electron chi connectivity index (χ3n) is 20.9. The van der Waals surface area contributed by atoms with Crippen LogP contribution in [-0.4, -0.2) is 262 Å². The molecule has 5 aliphatic carbocycles. The van der Waals surface area contributed by atoms with Gasteiger partial charge in [0.15, 0.2) is 30.4 Å².